The van der Waals surface area contributed by atoms with E-state index in [0.717, 1.165) is 0 Å². The van der Waals surface area contributed by atoms with Gasteiger partial charge in [0, 0.05) is 0 Å². The summed E-state index contributed by atoms with van der Waals surface area (Å²) in [6.45, 7) is 0. The first kappa shape index (κ1) is 69.1. The van der Waals surface area contributed by atoms with Gasteiger partial charge in [0.25, 0.3) is 0 Å². The van der Waals surface area contributed by atoms with E-state index in [0.29, 0.717) is 0 Å². The van der Waals surface area contributed by atoms with E-state index in [1.807, 2.05) is 0 Å². The zero-order chi connectivity index (χ0) is 2.00. The standard InChI is InChI=1S/Cr.3FH.O/h;3*1H;. The van der Waals surface area contributed by atoms with E-state index in [-0.39, 0.29) is 14.1 Å². The molecule has 0 N–H and O–H groups in total. The summed E-state index contributed by atoms with van der Waals surface area (Å²) in [5, 5.41) is 0. The molecule has 5 heteroatoms. The SMILES string of the molecule is F.F.F.[O]=[Cr]. The normalized spacial score (nSPS) is 0.800. The van der Waals surface area contributed by atoms with Gasteiger partial charge in [-0.3, -0.25) is 14.1 Å². The van der Waals surface area contributed by atoms with Gasteiger partial charge in [0.1, 0.15) is 0 Å². The van der Waals surface area contributed by atoms with Gasteiger partial charge >= 0.3 is 20.0 Å². The summed E-state index contributed by atoms with van der Waals surface area (Å²) in [6.07, 6.45) is 0. The molecule has 0 heterocycles. The van der Waals surface area contributed by atoms with Crippen LogP contribution in [-0.4, -0.2) is 0 Å². The van der Waals surface area contributed by atoms with Crippen LogP contribution in [0.5, 0.6) is 0 Å². The van der Waals surface area contributed by atoms with Crippen LogP contribution in [-0.2, 0) is 20.0 Å². The summed E-state index contributed by atoms with van der Waals surface area (Å²) in [5.41, 5.74) is 0. The Morgan fingerprint density at radius 2 is 0.800 bits per heavy atom. The maximum absolute atomic E-state index is 8.12. The molecule has 0 spiro atoms. The van der Waals surface area contributed by atoms with Crippen LogP contribution in [0.25, 0.3) is 0 Å². The van der Waals surface area contributed by atoms with Gasteiger partial charge in [0.05, 0.1) is 0 Å². The molecule has 0 saturated carbocycles. The summed E-state index contributed by atoms with van der Waals surface area (Å²) < 4.78 is 8.12. The number of rotatable bonds is 0. The fraction of sp³-hybridized carbons (Fsp3) is 0. The van der Waals surface area contributed by atoms with Gasteiger partial charge in [0.15, 0.2) is 0 Å². The van der Waals surface area contributed by atoms with Crippen molar-refractivity contribution in [3.8, 4) is 0 Å². The molecule has 0 fully saturated rings. The van der Waals surface area contributed by atoms with E-state index < -0.39 is 0 Å². The molecule has 0 aliphatic heterocycles. The van der Waals surface area contributed by atoms with E-state index in [4.69, 9.17) is 3.80 Å². The Morgan fingerprint density at radius 1 is 0.800 bits per heavy atom. The molecule has 1 nitrogen and oxygen atoms in total. The van der Waals surface area contributed by atoms with E-state index in [2.05, 4.69) is 0 Å². The molecule has 0 bridgehead atoms. The number of hydrogen-bond donors (Lipinski definition) is 0. The summed E-state index contributed by atoms with van der Waals surface area (Å²) in [7, 11) is 0. The van der Waals surface area contributed by atoms with Gasteiger partial charge < -0.3 is 0 Å². The van der Waals surface area contributed by atoms with Crippen molar-refractivity contribution in [2.75, 3.05) is 0 Å². The van der Waals surface area contributed by atoms with Crippen molar-refractivity contribution in [3.05, 3.63) is 0 Å². The molecule has 0 aromatic heterocycles. The quantitative estimate of drug-likeness (QED) is 0.459. The third-order valence-corrected chi connectivity index (χ3v) is 0. The van der Waals surface area contributed by atoms with Crippen LogP contribution >= 0.6 is 0 Å². The predicted octanol–water partition coefficient (Wildman–Crippen LogP) is 0.336. The molecule has 36 valence electrons. The Bertz CT molecular complexity index is 6.85. The van der Waals surface area contributed by atoms with Crippen LogP contribution < -0.4 is 0 Å². The second-order valence-corrected chi connectivity index (χ2v) is 0. The Morgan fingerprint density at radius 3 is 0.800 bits per heavy atom. The summed E-state index contributed by atoms with van der Waals surface area (Å²) in [4.78, 5) is 0. The Hall–Kier alpha value is 0.122. The third-order valence-electron chi connectivity index (χ3n) is 0. The fourth-order valence-corrected chi connectivity index (χ4v) is 0. The van der Waals surface area contributed by atoms with Crippen LogP contribution in [0.15, 0.2) is 0 Å². The zero-order valence-electron chi connectivity index (χ0n) is 2.04. The van der Waals surface area contributed by atoms with Crippen LogP contribution in [0.1, 0.15) is 0 Å². The Balaban J connectivity index is -0.00000000167. The van der Waals surface area contributed by atoms with Gasteiger partial charge in [-0.15, -0.1) is 0 Å². The van der Waals surface area contributed by atoms with Crippen LogP contribution in [0.2, 0.25) is 0 Å². The number of halogens is 3. The third kappa shape index (κ3) is 1240. The van der Waals surface area contributed by atoms with Gasteiger partial charge in [-0.1, -0.05) is 0 Å². The predicted molar refractivity (Wildman–Crippen MR) is 8.20 cm³/mol. The molecular weight excluding hydrogens is 125 g/mol. The van der Waals surface area contributed by atoms with Crippen LogP contribution in [0.4, 0.5) is 14.1 Å². The molecule has 0 rings (SSSR count). The van der Waals surface area contributed by atoms with E-state index in [1.165, 1.54) is 16.2 Å². The molecule has 0 amide bonds. The van der Waals surface area contributed by atoms with E-state index >= 15 is 0 Å². The van der Waals surface area contributed by atoms with E-state index in [9.17, 15) is 0 Å². The van der Waals surface area contributed by atoms with Gasteiger partial charge in [-0.25, -0.2) is 0 Å². The molecular formula is H3CrF3O. The molecule has 0 unspecified atom stereocenters. The molecule has 0 aromatic rings. The Labute approximate surface area is 35.1 Å². The minimum atomic E-state index is 0. The maximum atomic E-state index is 8.12. The van der Waals surface area contributed by atoms with Gasteiger partial charge in [0.2, 0.25) is 0 Å². The van der Waals surface area contributed by atoms with Gasteiger partial charge in [-0.05, 0) is 0 Å². The molecule has 0 saturated heterocycles. The fourth-order valence-electron chi connectivity index (χ4n) is 0. The topological polar surface area (TPSA) is 17.1 Å². The molecule has 0 aromatic carbocycles. The van der Waals surface area contributed by atoms with E-state index in [1.54, 1.807) is 0 Å². The first-order valence-electron chi connectivity index (χ1n) is 0.167. The van der Waals surface area contributed by atoms with Crippen molar-refractivity contribution in [2.45, 2.75) is 0 Å². The van der Waals surface area contributed by atoms with Crippen molar-refractivity contribution < 1.29 is 34.1 Å². The molecule has 0 radical (unpaired) electrons. The number of hydrogen-bond acceptors (Lipinski definition) is 1. The first-order valence-corrected chi connectivity index (χ1v) is 0.687. The summed E-state index contributed by atoms with van der Waals surface area (Å²) in [6, 6.07) is 0. The average molecular weight is 128 g/mol. The second kappa shape index (κ2) is 2680. The Kier molecular flexibility index (Phi) is 37000. The second-order valence-electron chi connectivity index (χ2n) is 0. The van der Waals surface area contributed by atoms with Crippen molar-refractivity contribution in [1.82, 2.24) is 0 Å². The summed E-state index contributed by atoms with van der Waals surface area (Å²) >= 11 is 1.38. The monoisotopic (exact) mass is 128 g/mol. The zero-order valence-corrected chi connectivity index (χ0v) is 3.32. The van der Waals surface area contributed by atoms with Gasteiger partial charge in [-0.2, -0.15) is 0 Å². The molecule has 0 aliphatic carbocycles. The van der Waals surface area contributed by atoms with Crippen molar-refractivity contribution in [3.63, 3.8) is 0 Å². The van der Waals surface area contributed by atoms with Crippen molar-refractivity contribution in [2.24, 2.45) is 0 Å². The van der Waals surface area contributed by atoms with Crippen LogP contribution in [0.3, 0.4) is 0 Å². The van der Waals surface area contributed by atoms with Crippen molar-refractivity contribution in [1.29, 1.82) is 0 Å². The van der Waals surface area contributed by atoms with Crippen LogP contribution in [0, 0.1) is 0 Å². The average Bonchev–Trinajstić information content (AvgIpc) is 1.00. The van der Waals surface area contributed by atoms with Crippen molar-refractivity contribution >= 4 is 0 Å². The molecule has 5 heavy (non-hydrogen) atoms. The minimum absolute atomic E-state index is 0. The summed E-state index contributed by atoms with van der Waals surface area (Å²) in [5.74, 6) is 0. The first-order chi connectivity index (χ1) is 1.00. The molecule has 0 atom stereocenters. The molecule has 0 aliphatic rings.